The van der Waals surface area contributed by atoms with Gasteiger partial charge in [0.2, 0.25) is 12.7 Å². The van der Waals surface area contributed by atoms with E-state index in [0.29, 0.717) is 11.3 Å². The predicted molar refractivity (Wildman–Crippen MR) is 118 cm³/mol. The van der Waals surface area contributed by atoms with Crippen LogP contribution in [0.3, 0.4) is 0 Å². The fourth-order valence-electron chi connectivity index (χ4n) is 3.16. The number of nitrogens with zero attached hydrogens (tertiary/aromatic N) is 1. The van der Waals surface area contributed by atoms with Crippen molar-refractivity contribution in [1.82, 2.24) is 0 Å². The topological polar surface area (TPSA) is 82.1 Å². The van der Waals surface area contributed by atoms with E-state index in [1.807, 2.05) is 38.1 Å². The number of esters is 1. The molecule has 0 N–H and O–H groups in total. The average Bonchev–Trinajstić information content (AvgIpc) is 3.09. The summed E-state index contributed by atoms with van der Waals surface area (Å²) in [5, 5.41) is -0.120. The second-order valence-electron chi connectivity index (χ2n) is 7.45. The van der Waals surface area contributed by atoms with Crippen molar-refractivity contribution in [3.8, 4) is 0 Å². The molecule has 31 heavy (non-hydrogen) atoms. The van der Waals surface area contributed by atoms with Crippen molar-refractivity contribution >= 4 is 35.5 Å². The summed E-state index contributed by atoms with van der Waals surface area (Å²) in [6.07, 6.45) is -1.23. The molecule has 8 heteroatoms. The van der Waals surface area contributed by atoms with E-state index in [0.717, 1.165) is 22.4 Å². The van der Waals surface area contributed by atoms with Gasteiger partial charge in [0.15, 0.2) is 0 Å². The molecular formula is C23H25NO6S. The van der Waals surface area contributed by atoms with Gasteiger partial charge in [0, 0.05) is 5.69 Å². The van der Waals surface area contributed by atoms with Gasteiger partial charge in [-0.1, -0.05) is 29.8 Å². The average molecular weight is 444 g/mol. The molecule has 7 nitrogen and oxygen atoms in total. The van der Waals surface area contributed by atoms with Crippen LogP contribution in [-0.2, 0) is 19.0 Å². The van der Waals surface area contributed by atoms with Crippen molar-refractivity contribution < 1.29 is 28.6 Å². The quantitative estimate of drug-likeness (QED) is 0.470. The summed E-state index contributed by atoms with van der Waals surface area (Å²) < 4.78 is 14.5. The second kappa shape index (κ2) is 9.87. The normalized spacial score (nSPS) is 15.8. The Kier molecular flexibility index (Phi) is 7.22. The molecule has 1 aliphatic rings. The summed E-state index contributed by atoms with van der Waals surface area (Å²) in [6.45, 7) is 6.69. The minimum Gasteiger partial charge on any atom is -0.431 e. The number of anilines is 1. The van der Waals surface area contributed by atoms with Gasteiger partial charge in [-0.25, -0.2) is 9.59 Å². The molecule has 1 atom stereocenters. The molecule has 0 bridgehead atoms. The van der Waals surface area contributed by atoms with Crippen LogP contribution in [0.1, 0.15) is 46.3 Å². The molecule has 1 aliphatic heterocycles. The smallest absolute Gasteiger partial charge is 0.431 e. The van der Waals surface area contributed by atoms with Crippen molar-refractivity contribution in [2.45, 2.75) is 39.2 Å². The van der Waals surface area contributed by atoms with E-state index in [-0.39, 0.29) is 17.4 Å². The number of carbonyl (C=O) groups is 3. The van der Waals surface area contributed by atoms with Crippen LogP contribution in [0.5, 0.6) is 0 Å². The second-order valence-corrected chi connectivity index (χ2v) is 8.52. The van der Waals surface area contributed by atoms with Gasteiger partial charge in [-0.2, -0.15) is 0 Å². The first kappa shape index (κ1) is 22.7. The first-order valence-corrected chi connectivity index (χ1v) is 10.9. The van der Waals surface area contributed by atoms with E-state index in [9.17, 15) is 14.4 Å². The summed E-state index contributed by atoms with van der Waals surface area (Å²) in [7, 11) is 0. The third kappa shape index (κ3) is 5.58. The molecule has 0 aromatic heterocycles. The van der Waals surface area contributed by atoms with Gasteiger partial charge >= 0.3 is 12.1 Å². The molecule has 0 saturated carbocycles. The molecule has 0 radical (unpaired) electrons. The molecule has 164 valence electrons. The Labute approximate surface area is 185 Å². The predicted octanol–water partition coefficient (Wildman–Crippen LogP) is 4.76. The van der Waals surface area contributed by atoms with Crippen LogP contribution in [0.2, 0.25) is 0 Å². The lowest BCUT2D eigenvalue weighted by molar-refractivity contribution is -0.115. The maximum atomic E-state index is 12.6. The van der Waals surface area contributed by atoms with Crippen LogP contribution in [0.25, 0.3) is 0 Å². The Balaban J connectivity index is 1.70. The van der Waals surface area contributed by atoms with Crippen molar-refractivity contribution in [3.63, 3.8) is 0 Å². The zero-order chi connectivity index (χ0) is 22.5. The Morgan fingerprint density at radius 2 is 1.81 bits per heavy atom. The van der Waals surface area contributed by atoms with E-state index < -0.39 is 18.9 Å². The summed E-state index contributed by atoms with van der Waals surface area (Å²) in [4.78, 5) is 38.0. The molecule has 3 rings (SSSR count). The fraction of sp³-hybridized carbons (Fsp3) is 0.348. The highest BCUT2D eigenvalue weighted by atomic mass is 32.2. The van der Waals surface area contributed by atoms with Crippen LogP contribution in [0, 0.1) is 13.8 Å². The first-order valence-electron chi connectivity index (χ1n) is 9.87. The Bertz CT molecular complexity index is 973. The van der Waals surface area contributed by atoms with Gasteiger partial charge in [0.25, 0.3) is 0 Å². The number of aryl methyl sites for hydroxylation is 2. The van der Waals surface area contributed by atoms with Gasteiger partial charge in [-0.15, -0.1) is 11.8 Å². The molecule has 1 heterocycles. The van der Waals surface area contributed by atoms with E-state index in [2.05, 4.69) is 0 Å². The lowest BCUT2D eigenvalue weighted by atomic mass is 10.1. The third-order valence-electron chi connectivity index (χ3n) is 4.62. The van der Waals surface area contributed by atoms with Crippen molar-refractivity contribution in [3.05, 3.63) is 64.7 Å². The van der Waals surface area contributed by atoms with Gasteiger partial charge < -0.3 is 14.2 Å². The van der Waals surface area contributed by atoms with E-state index in [4.69, 9.17) is 14.2 Å². The number of ether oxygens (including phenoxy) is 3. The van der Waals surface area contributed by atoms with Crippen LogP contribution in [0.15, 0.2) is 42.5 Å². The minimum atomic E-state index is -0.901. The number of benzene rings is 2. The summed E-state index contributed by atoms with van der Waals surface area (Å²) in [5.74, 6) is -0.221. The molecule has 1 unspecified atom stereocenters. The maximum Gasteiger partial charge on any atom is 0.511 e. The zero-order valence-corrected chi connectivity index (χ0v) is 18.7. The highest BCUT2D eigenvalue weighted by Gasteiger charge is 2.34. The lowest BCUT2D eigenvalue weighted by Gasteiger charge is -2.26. The standard InChI is InChI=1S/C23H25NO6S/c1-14(2)30-23(27)29-13-28-22(26)18-9-10-19(16(4)11-18)24-20(25)12-31-21(24)17-7-5-15(3)6-8-17/h5-11,14,21H,12-13H2,1-4H3. The zero-order valence-electron chi connectivity index (χ0n) is 17.9. The highest BCUT2D eigenvalue weighted by molar-refractivity contribution is 8.00. The molecule has 0 spiro atoms. The number of carbonyl (C=O) groups excluding carboxylic acids is 3. The fourth-order valence-corrected chi connectivity index (χ4v) is 4.33. The van der Waals surface area contributed by atoms with E-state index in [1.165, 1.54) is 0 Å². The summed E-state index contributed by atoms with van der Waals surface area (Å²) in [5.41, 5.74) is 4.02. The monoisotopic (exact) mass is 443 g/mol. The minimum absolute atomic E-state index is 0.0195. The maximum absolute atomic E-state index is 12.6. The Morgan fingerprint density at radius 3 is 2.45 bits per heavy atom. The van der Waals surface area contributed by atoms with Crippen LogP contribution < -0.4 is 4.90 Å². The SMILES string of the molecule is Cc1ccc(C2SCC(=O)N2c2ccc(C(=O)OCOC(=O)OC(C)C)cc2C)cc1. The van der Waals surface area contributed by atoms with Crippen molar-refractivity contribution in [1.29, 1.82) is 0 Å². The van der Waals surface area contributed by atoms with Gasteiger partial charge in [0.1, 0.15) is 5.37 Å². The lowest BCUT2D eigenvalue weighted by Crippen LogP contribution is -2.28. The molecule has 2 aromatic carbocycles. The molecule has 1 fully saturated rings. The largest absolute Gasteiger partial charge is 0.511 e. The number of rotatable bonds is 6. The van der Waals surface area contributed by atoms with E-state index in [1.54, 1.807) is 48.7 Å². The molecular weight excluding hydrogens is 418 g/mol. The summed E-state index contributed by atoms with van der Waals surface area (Å²) in [6, 6.07) is 13.1. The third-order valence-corrected chi connectivity index (χ3v) is 5.83. The Morgan fingerprint density at radius 1 is 1.10 bits per heavy atom. The van der Waals surface area contributed by atoms with Crippen LogP contribution >= 0.6 is 11.8 Å². The molecule has 0 aliphatic carbocycles. The summed E-state index contributed by atoms with van der Waals surface area (Å²) >= 11 is 1.57. The van der Waals surface area contributed by atoms with Gasteiger partial charge in [-0.3, -0.25) is 9.69 Å². The number of thioether (sulfide) groups is 1. The highest BCUT2D eigenvalue weighted by Crippen LogP contribution is 2.42. The van der Waals surface area contributed by atoms with Gasteiger partial charge in [0.05, 0.1) is 17.4 Å². The number of hydrogen-bond acceptors (Lipinski definition) is 7. The van der Waals surface area contributed by atoms with Crippen molar-refractivity contribution in [2.24, 2.45) is 0 Å². The molecule has 1 saturated heterocycles. The Hall–Kier alpha value is -3.00. The molecule has 2 aromatic rings. The number of hydrogen-bond donors (Lipinski definition) is 0. The van der Waals surface area contributed by atoms with Crippen molar-refractivity contribution in [2.75, 3.05) is 17.4 Å². The molecule has 1 amide bonds. The number of amides is 1. The van der Waals surface area contributed by atoms with E-state index >= 15 is 0 Å². The van der Waals surface area contributed by atoms with Gasteiger partial charge in [-0.05, 0) is 57.0 Å². The van der Waals surface area contributed by atoms with Crippen LogP contribution in [-0.4, -0.2) is 36.7 Å². The van der Waals surface area contributed by atoms with Crippen LogP contribution in [0.4, 0.5) is 10.5 Å². The first-order chi connectivity index (χ1) is 14.8.